The van der Waals surface area contributed by atoms with Crippen LogP contribution < -0.4 is 5.32 Å². The van der Waals surface area contributed by atoms with Crippen LogP contribution in [0.25, 0.3) is 11.0 Å². The van der Waals surface area contributed by atoms with E-state index in [0.29, 0.717) is 6.04 Å². The van der Waals surface area contributed by atoms with Gasteiger partial charge in [-0.25, -0.2) is 9.97 Å². The maximum absolute atomic E-state index is 4.49. The highest BCUT2D eigenvalue weighted by Gasteiger charge is 2.07. The molecule has 0 aliphatic heterocycles. The van der Waals surface area contributed by atoms with Crippen molar-refractivity contribution in [2.45, 2.75) is 40.3 Å². The molecule has 0 aliphatic rings. The topological polar surface area (TPSA) is 55.6 Å². The first-order valence-electron chi connectivity index (χ1n) is 7.54. The molecule has 5 nitrogen and oxygen atoms in total. The van der Waals surface area contributed by atoms with Gasteiger partial charge in [0.25, 0.3) is 0 Å². The molecule has 0 fully saturated rings. The summed E-state index contributed by atoms with van der Waals surface area (Å²) in [6, 6.07) is 6.76. The van der Waals surface area contributed by atoms with Gasteiger partial charge in [-0.1, -0.05) is 6.07 Å². The zero-order valence-electron chi connectivity index (χ0n) is 13.5. The molecule has 1 N–H and O–H groups in total. The predicted octanol–water partition coefficient (Wildman–Crippen LogP) is 3.64. The quantitative estimate of drug-likeness (QED) is 0.798. The predicted molar refractivity (Wildman–Crippen MR) is 89.0 cm³/mol. The molecule has 0 aliphatic carbocycles. The summed E-state index contributed by atoms with van der Waals surface area (Å²) < 4.78 is 2.19. The summed E-state index contributed by atoms with van der Waals surface area (Å²) in [5.41, 5.74) is 5.24. The Balaban J connectivity index is 1.84. The van der Waals surface area contributed by atoms with E-state index in [-0.39, 0.29) is 0 Å². The van der Waals surface area contributed by atoms with Crippen LogP contribution in [0.3, 0.4) is 0 Å². The number of hydrogen-bond donors (Lipinski definition) is 1. The first-order valence-corrected chi connectivity index (χ1v) is 7.54. The Morgan fingerprint density at radius 1 is 1.18 bits per heavy atom. The number of benzene rings is 1. The first-order chi connectivity index (χ1) is 10.5. The third kappa shape index (κ3) is 2.79. The SMILES string of the molecule is Cc1cnc(C)c(NCc2ccc3ncn(C(C)C)c3c2)n1. The standard InChI is InChI=1S/C17H21N5/c1-11(2)22-10-20-15-6-5-14(7-16(15)22)9-19-17-13(4)18-8-12(3)21-17/h5-8,10-11H,9H2,1-4H3,(H,19,21). The molecule has 0 radical (unpaired) electrons. The molecule has 0 bridgehead atoms. The maximum Gasteiger partial charge on any atom is 0.148 e. The molecule has 2 aromatic heterocycles. The van der Waals surface area contributed by atoms with Crippen LogP contribution in [0.5, 0.6) is 0 Å². The Morgan fingerprint density at radius 2 is 2.00 bits per heavy atom. The number of nitrogens with one attached hydrogen (secondary N) is 1. The van der Waals surface area contributed by atoms with E-state index in [1.54, 1.807) is 6.20 Å². The van der Waals surface area contributed by atoms with Gasteiger partial charge in [0.05, 0.1) is 28.7 Å². The Hall–Kier alpha value is -2.43. The lowest BCUT2D eigenvalue weighted by Crippen LogP contribution is -2.05. The van der Waals surface area contributed by atoms with E-state index in [4.69, 9.17) is 0 Å². The number of hydrogen-bond acceptors (Lipinski definition) is 4. The van der Waals surface area contributed by atoms with Crippen molar-refractivity contribution in [2.24, 2.45) is 0 Å². The summed E-state index contributed by atoms with van der Waals surface area (Å²) in [6.45, 7) is 8.96. The number of rotatable bonds is 4. The third-order valence-electron chi connectivity index (χ3n) is 3.73. The van der Waals surface area contributed by atoms with Crippen LogP contribution in [0.15, 0.2) is 30.7 Å². The lowest BCUT2D eigenvalue weighted by Gasteiger charge is -2.11. The molecule has 0 saturated carbocycles. The molecule has 0 atom stereocenters. The van der Waals surface area contributed by atoms with Gasteiger partial charge in [-0.2, -0.15) is 0 Å². The fraction of sp³-hybridized carbons (Fsp3) is 0.353. The second kappa shape index (κ2) is 5.75. The zero-order chi connectivity index (χ0) is 15.7. The van der Waals surface area contributed by atoms with E-state index in [0.717, 1.165) is 29.3 Å². The summed E-state index contributed by atoms with van der Waals surface area (Å²) >= 11 is 0. The second-order valence-electron chi connectivity index (χ2n) is 5.87. The molecular weight excluding hydrogens is 274 g/mol. The zero-order valence-corrected chi connectivity index (χ0v) is 13.5. The van der Waals surface area contributed by atoms with Crippen LogP contribution in [0.1, 0.15) is 36.8 Å². The van der Waals surface area contributed by atoms with Crippen LogP contribution >= 0.6 is 0 Å². The minimum absolute atomic E-state index is 0.401. The minimum atomic E-state index is 0.401. The van der Waals surface area contributed by atoms with E-state index >= 15 is 0 Å². The van der Waals surface area contributed by atoms with Gasteiger partial charge in [-0.15, -0.1) is 0 Å². The van der Waals surface area contributed by atoms with Crippen molar-refractivity contribution in [3.63, 3.8) is 0 Å². The van der Waals surface area contributed by atoms with Crippen LogP contribution in [-0.2, 0) is 6.54 Å². The van der Waals surface area contributed by atoms with Gasteiger partial charge in [0.15, 0.2) is 0 Å². The van der Waals surface area contributed by atoms with E-state index in [9.17, 15) is 0 Å². The normalized spacial score (nSPS) is 11.3. The fourth-order valence-corrected chi connectivity index (χ4v) is 2.48. The number of anilines is 1. The van der Waals surface area contributed by atoms with Crippen LogP contribution in [-0.4, -0.2) is 19.5 Å². The number of aryl methyl sites for hydroxylation is 2. The molecule has 0 unspecified atom stereocenters. The third-order valence-corrected chi connectivity index (χ3v) is 3.73. The molecule has 3 aromatic rings. The van der Waals surface area contributed by atoms with E-state index < -0.39 is 0 Å². The van der Waals surface area contributed by atoms with Gasteiger partial charge in [-0.3, -0.25) is 4.98 Å². The molecule has 0 saturated heterocycles. The largest absolute Gasteiger partial charge is 0.364 e. The van der Waals surface area contributed by atoms with Crippen molar-refractivity contribution in [3.05, 3.63) is 47.7 Å². The van der Waals surface area contributed by atoms with Gasteiger partial charge in [-0.05, 0) is 45.4 Å². The highest BCUT2D eigenvalue weighted by molar-refractivity contribution is 5.76. The Morgan fingerprint density at radius 3 is 2.77 bits per heavy atom. The van der Waals surface area contributed by atoms with E-state index in [1.165, 1.54) is 11.1 Å². The smallest absolute Gasteiger partial charge is 0.148 e. The molecule has 0 amide bonds. The number of aromatic nitrogens is 4. The molecule has 114 valence electrons. The lowest BCUT2D eigenvalue weighted by molar-refractivity contribution is 0.617. The minimum Gasteiger partial charge on any atom is -0.364 e. The molecule has 1 aromatic carbocycles. The van der Waals surface area contributed by atoms with Crippen molar-refractivity contribution < 1.29 is 0 Å². The summed E-state index contributed by atoms with van der Waals surface area (Å²) in [6.07, 6.45) is 3.69. The molecular formula is C17H21N5. The van der Waals surface area contributed by atoms with Crippen molar-refractivity contribution in [3.8, 4) is 0 Å². The van der Waals surface area contributed by atoms with Crippen molar-refractivity contribution in [2.75, 3.05) is 5.32 Å². The number of fused-ring (bicyclic) bond motifs is 1. The van der Waals surface area contributed by atoms with Crippen molar-refractivity contribution >= 4 is 16.9 Å². The Kier molecular flexibility index (Phi) is 3.79. The Bertz CT molecular complexity index is 804. The van der Waals surface area contributed by atoms with Gasteiger partial charge in [0, 0.05) is 18.8 Å². The molecule has 3 rings (SSSR count). The molecule has 5 heteroatoms. The van der Waals surface area contributed by atoms with Crippen LogP contribution in [0.4, 0.5) is 5.82 Å². The highest BCUT2D eigenvalue weighted by Crippen LogP contribution is 2.20. The van der Waals surface area contributed by atoms with Crippen LogP contribution in [0.2, 0.25) is 0 Å². The maximum atomic E-state index is 4.49. The van der Waals surface area contributed by atoms with E-state index in [2.05, 4.69) is 56.9 Å². The monoisotopic (exact) mass is 295 g/mol. The number of imidazole rings is 1. The summed E-state index contributed by atoms with van der Waals surface area (Å²) in [5.74, 6) is 0.845. The van der Waals surface area contributed by atoms with E-state index in [1.807, 2.05) is 20.2 Å². The van der Waals surface area contributed by atoms with Crippen molar-refractivity contribution in [1.82, 2.24) is 19.5 Å². The van der Waals surface area contributed by atoms with Gasteiger partial charge in [0.2, 0.25) is 0 Å². The summed E-state index contributed by atoms with van der Waals surface area (Å²) in [4.78, 5) is 13.3. The Labute approximate surface area is 130 Å². The number of nitrogens with zero attached hydrogens (tertiary/aromatic N) is 4. The second-order valence-corrected chi connectivity index (χ2v) is 5.87. The average Bonchev–Trinajstić information content (AvgIpc) is 2.91. The summed E-state index contributed by atoms with van der Waals surface area (Å²) in [5, 5.41) is 3.37. The molecule has 0 spiro atoms. The highest BCUT2D eigenvalue weighted by atomic mass is 15.1. The summed E-state index contributed by atoms with van der Waals surface area (Å²) in [7, 11) is 0. The van der Waals surface area contributed by atoms with Gasteiger partial charge >= 0.3 is 0 Å². The first kappa shape index (κ1) is 14.5. The van der Waals surface area contributed by atoms with Crippen LogP contribution in [0, 0.1) is 13.8 Å². The molecule has 2 heterocycles. The fourth-order valence-electron chi connectivity index (χ4n) is 2.48. The molecule has 22 heavy (non-hydrogen) atoms. The average molecular weight is 295 g/mol. The van der Waals surface area contributed by atoms with Gasteiger partial charge in [0.1, 0.15) is 5.82 Å². The van der Waals surface area contributed by atoms with Gasteiger partial charge < -0.3 is 9.88 Å². The van der Waals surface area contributed by atoms with Crippen molar-refractivity contribution in [1.29, 1.82) is 0 Å². The lowest BCUT2D eigenvalue weighted by atomic mass is 10.2.